The van der Waals surface area contributed by atoms with Crippen molar-refractivity contribution in [2.24, 2.45) is 0 Å². The maximum Gasteiger partial charge on any atom is 0.307 e. The first kappa shape index (κ1) is 15.2. The number of phenolic OH excluding ortho intramolecular Hbond substituents is 2. The second-order valence-corrected chi connectivity index (χ2v) is 5.13. The first-order valence-corrected chi connectivity index (χ1v) is 6.92. The van der Waals surface area contributed by atoms with E-state index in [1.807, 2.05) is 0 Å². The summed E-state index contributed by atoms with van der Waals surface area (Å²) < 4.78 is 4.66. The summed E-state index contributed by atoms with van der Waals surface area (Å²) in [5.74, 6) is -1.00. The zero-order valence-electron chi connectivity index (χ0n) is 11.9. The molecule has 1 aliphatic heterocycles. The summed E-state index contributed by atoms with van der Waals surface area (Å²) in [5.41, 5.74) is 0.0479. The molecule has 0 radical (unpaired) electrons. The molecule has 0 aromatic heterocycles. The predicted octanol–water partition coefficient (Wildman–Crippen LogP) is 1.66. The van der Waals surface area contributed by atoms with Gasteiger partial charge in [0, 0.05) is 12.6 Å². The molecule has 1 aromatic rings. The van der Waals surface area contributed by atoms with Gasteiger partial charge < -0.3 is 19.8 Å². The van der Waals surface area contributed by atoms with Crippen LogP contribution in [0, 0.1) is 0 Å². The molecule has 21 heavy (non-hydrogen) atoms. The Kier molecular flexibility index (Phi) is 4.67. The molecule has 1 fully saturated rings. The van der Waals surface area contributed by atoms with Gasteiger partial charge in [0.15, 0.2) is 0 Å². The zero-order valence-corrected chi connectivity index (χ0v) is 11.9. The van der Waals surface area contributed by atoms with Crippen LogP contribution in [-0.2, 0) is 9.53 Å². The fourth-order valence-corrected chi connectivity index (χ4v) is 2.61. The van der Waals surface area contributed by atoms with Crippen LogP contribution in [0.25, 0.3) is 0 Å². The molecule has 1 unspecified atom stereocenters. The molecule has 1 amide bonds. The van der Waals surface area contributed by atoms with Crippen LogP contribution in [-0.4, -0.2) is 46.7 Å². The summed E-state index contributed by atoms with van der Waals surface area (Å²) in [4.78, 5) is 25.6. The average molecular weight is 293 g/mol. The van der Waals surface area contributed by atoms with Gasteiger partial charge in [0.2, 0.25) is 0 Å². The van der Waals surface area contributed by atoms with Crippen molar-refractivity contribution in [3.8, 4) is 11.5 Å². The van der Waals surface area contributed by atoms with Crippen molar-refractivity contribution < 1.29 is 24.5 Å². The molecular formula is C15H19NO5. The molecule has 0 saturated carbocycles. The first-order chi connectivity index (χ1) is 10.0. The highest BCUT2D eigenvalue weighted by Crippen LogP contribution is 2.27. The molecule has 6 heteroatoms. The fraction of sp³-hybridized carbons (Fsp3) is 0.467. The van der Waals surface area contributed by atoms with Gasteiger partial charge in [-0.25, -0.2) is 0 Å². The molecule has 0 spiro atoms. The highest BCUT2D eigenvalue weighted by Gasteiger charge is 2.30. The number of piperidine rings is 1. The molecule has 2 N–H and O–H groups in total. The van der Waals surface area contributed by atoms with Crippen LogP contribution in [0.1, 0.15) is 36.0 Å². The lowest BCUT2D eigenvalue weighted by atomic mass is 9.98. The molecule has 1 aliphatic rings. The maximum atomic E-state index is 12.6. The van der Waals surface area contributed by atoms with Crippen LogP contribution < -0.4 is 0 Å². The third-order valence-corrected chi connectivity index (χ3v) is 3.73. The molecule has 0 bridgehead atoms. The van der Waals surface area contributed by atoms with Crippen molar-refractivity contribution in [1.29, 1.82) is 0 Å². The van der Waals surface area contributed by atoms with E-state index in [1.165, 1.54) is 25.3 Å². The molecular weight excluding hydrogens is 274 g/mol. The Morgan fingerprint density at radius 1 is 1.33 bits per heavy atom. The van der Waals surface area contributed by atoms with Gasteiger partial charge in [-0.1, -0.05) is 0 Å². The van der Waals surface area contributed by atoms with Crippen LogP contribution in [0.2, 0.25) is 0 Å². The Balaban J connectivity index is 2.22. The highest BCUT2D eigenvalue weighted by molar-refractivity contribution is 5.97. The number of carbonyl (C=O) groups is 2. The van der Waals surface area contributed by atoms with E-state index in [0.29, 0.717) is 6.54 Å². The van der Waals surface area contributed by atoms with Gasteiger partial charge in [-0.3, -0.25) is 9.59 Å². The quantitative estimate of drug-likeness (QED) is 0.653. The number of amides is 1. The first-order valence-electron chi connectivity index (χ1n) is 6.92. The summed E-state index contributed by atoms with van der Waals surface area (Å²) >= 11 is 0. The molecule has 0 aliphatic carbocycles. The standard InChI is InChI=1S/C15H19NO5/c1-21-14(19)8-10-4-2-3-7-16(10)15(20)12-9-11(17)5-6-13(12)18/h5-6,9-10,17-18H,2-4,7-8H2,1H3. The third kappa shape index (κ3) is 3.45. The van der Waals surface area contributed by atoms with E-state index in [-0.39, 0.29) is 41.4 Å². The second-order valence-electron chi connectivity index (χ2n) is 5.13. The van der Waals surface area contributed by atoms with Gasteiger partial charge in [0.25, 0.3) is 5.91 Å². The SMILES string of the molecule is COC(=O)CC1CCCCN1C(=O)c1cc(O)ccc1O. The van der Waals surface area contributed by atoms with Crippen molar-refractivity contribution in [1.82, 2.24) is 4.90 Å². The molecule has 1 saturated heterocycles. The number of benzene rings is 1. The largest absolute Gasteiger partial charge is 0.508 e. The summed E-state index contributed by atoms with van der Waals surface area (Å²) in [6, 6.07) is 3.60. The third-order valence-electron chi connectivity index (χ3n) is 3.73. The highest BCUT2D eigenvalue weighted by atomic mass is 16.5. The topological polar surface area (TPSA) is 87.1 Å². The van der Waals surface area contributed by atoms with E-state index in [2.05, 4.69) is 4.74 Å². The summed E-state index contributed by atoms with van der Waals surface area (Å²) in [6.45, 7) is 0.523. The van der Waals surface area contributed by atoms with Crippen molar-refractivity contribution in [2.75, 3.05) is 13.7 Å². The Bertz CT molecular complexity index is 543. The van der Waals surface area contributed by atoms with E-state index in [0.717, 1.165) is 19.3 Å². The summed E-state index contributed by atoms with van der Waals surface area (Å²) in [5, 5.41) is 19.3. The number of aromatic hydroxyl groups is 2. The minimum Gasteiger partial charge on any atom is -0.508 e. The molecule has 114 valence electrons. The van der Waals surface area contributed by atoms with E-state index < -0.39 is 0 Å². The van der Waals surface area contributed by atoms with E-state index in [1.54, 1.807) is 4.90 Å². The van der Waals surface area contributed by atoms with Crippen molar-refractivity contribution in [3.05, 3.63) is 23.8 Å². The Morgan fingerprint density at radius 2 is 2.10 bits per heavy atom. The van der Waals surface area contributed by atoms with E-state index in [9.17, 15) is 19.8 Å². The maximum absolute atomic E-state index is 12.6. The van der Waals surface area contributed by atoms with Crippen LogP contribution in [0.3, 0.4) is 0 Å². The number of carbonyl (C=O) groups excluding carboxylic acids is 2. The van der Waals surface area contributed by atoms with E-state index in [4.69, 9.17) is 0 Å². The lowest BCUT2D eigenvalue weighted by Crippen LogP contribution is -2.44. The number of esters is 1. The number of rotatable bonds is 3. The van der Waals surface area contributed by atoms with Gasteiger partial charge in [-0.2, -0.15) is 0 Å². The predicted molar refractivity (Wildman–Crippen MR) is 75.1 cm³/mol. The van der Waals surface area contributed by atoms with Crippen LogP contribution in [0.5, 0.6) is 11.5 Å². The summed E-state index contributed by atoms with van der Waals surface area (Å²) in [7, 11) is 1.32. The van der Waals surface area contributed by atoms with Gasteiger partial charge in [-0.05, 0) is 37.5 Å². The fourth-order valence-electron chi connectivity index (χ4n) is 2.61. The van der Waals surface area contributed by atoms with Crippen molar-refractivity contribution >= 4 is 11.9 Å². The number of likely N-dealkylation sites (tertiary alicyclic amines) is 1. The Labute approximate surface area is 122 Å². The van der Waals surface area contributed by atoms with Crippen molar-refractivity contribution in [3.63, 3.8) is 0 Å². The second kappa shape index (κ2) is 6.47. The lowest BCUT2D eigenvalue weighted by Gasteiger charge is -2.35. The van der Waals surface area contributed by atoms with Gasteiger partial charge in [0.05, 0.1) is 19.1 Å². The normalized spacial score (nSPS) is 18.3. The van der Waals surface area contributed by atoms with Gasteiger partial charge >= 0.3 is 5.97 Å². The number of methoxy groups -OCH3 is 1. The Morgan fingerprint density at radius 3 is 2.81 bits per heavy atom. The number of phenols is 2. The summed E-state index contributed by atoms with van der Waals surface area (Å²) in [6.07, 6.45) is 2.66. The molecule has 1 heterocycles. The Hall–Kier alpha value is -2.24. The smallest absolute Gasteiger partial charge is 0.307 e. The minimum atomic E-state index is -0.378. The number of ether oxygens (including phenoxy) is 1. The molecule has 1 atom stereocenters. The molecule has 6 nitrogen and oxygen atoms in total. The van der Waals surface area contributed by atoms with Crippen molar-refractivity contribution in [2.45, 2.75) is 31.7 Å². The lowest BCUT2D eigenvalue weighted by molar-refractivity contribution is -0.142. The molecule has 1 aromatic carbocycles. The molecule has 2 rings (SSSR count). The van der Waals surface area contributed by atoms with Gasteiger partial charge in [-0.15, -0.1) is 0 Å². The minimum absolute atomic E-state index is 0.0479. The number of hydrogen-bond acceptors (Lipinski definition) is 5. The number of nitrogens with zero attached hydrogens (tertiary/aromatic N) is 1. The van der Waals surface area contributed by atoms with E-state index >= 15 is 0 Å². The van der Waals surface area contributed by atoms with Crippen LogP contribution in [0.4, 0.5) is 0 Å². The van der Waals surface area contributed by atoms with Crippen LogP contribution >= 0.6 is 0 Å². The van der Waals surface area contributed by atoms with Gasteiger partial charge in [0.1, 0.15) is 11.5 Å². The zero-order chi connectivity index (χ0) is 15.4. The van der Waals surface area contributed by atoms with Crippen LogP contribution in [0.15, 0.2) is 18.2 Å². The number of hydrogen-bond donors (Lipinski definition) is 2. The average Bonchev–Trinajstić information content (AvgIpc) is 2.49. The monoisotopic (exact) mass is 293 g/mol.